The monoisotopic (exact) mass is 427 g/mol. The van der Waals surface area contributed by atoms with Gasteiger partial charge in [0.05, 0.1) is 29.7 Å². The molecule has 8 nitrogen and oxygen atoms in total. The average Bonchev–Trinajstić information content (AvgIpc) is 3.38. The Morgan fingerprint density at radius 1 is 1.13 bits per heavy atom. The second-order valence-electron chi connectivity index (χ2n) is 6.41. The van der Waals surface area contributed by atoms with Crippen LogP contribution < -0.4 is 5.32 Å². The number of carbonyl (C=O) groups is 1. The Labute approximate surface area is 173 Å². The van der Waals surface area contributed by atoms with Crippen LogP contribution in [0, 0.1) is 25.5 Å². The predicted molar refractivity (Wildman–Crippen MR) is 105 cm³/mol. The van der Waals surface area contributed by atoms with Crippen LogP contribution in [-0.4, -0.2) is 36.1 Å². The SMILES string of the molecule is Cc1ccc(-n2cc(C(=O)NCc3nnc(-c4cc(F)ccc4F)s3)nn2)c(C)n1. The van der Waals surface area contributed by atoms with Crippen LogP contribution in [0.4, 0.5) is 8.78 Å². The van der Waals surface area contributed by atoms with Gasteiger partial charge in [0.15, 0.2) is 10.7 Å². The molecule has 3 aromatic heterocycles. The predicted octanol–water partition coefficient (Wildman–Crippen LogP) is 3.01. The molecular weight excluding hydrogens is 412 g/mol. The van der Waals surface area contributed by atoms with Crippen molar-refractivity contribution in [3.05, 3.63) is 70.3 Å². The minimum atomic E-state index is -0.597. The topological polar surface area (TPSA) is 98.5 Å². The number of pyridine rings is 1. The summed E-state index contributed by atoms with van der Waals surface area (Å²) in [6, 6.07) is 6.81. The fraction of sp³-hybridized carbons (Fsp3) is 0.158. The van der Waals surface area contributed by atoms with E-state index in [4.69, 9.17) is 0 Å². The molecular formula is C19H15F2N7OS. The summed E-state index contributed by atoms with van der Waals surface area (Å²) in [5.74, 6) is -1.62. The molecule has 0 aliphatic carbocycles. The van der Waals surface area contributed by atoms with Crippen LogP contribution in [0.15, 0.2) is 36.5 Å². The molecule has 0 radical (unpaired) electrons. The number of hydrogen-bond donors (Lipinski definition) is 1. The van der Waals surface area contributed by atoms with Gasteiger partial charge in [-0.2, -0.15) is 0 Å². The number of rotatable bonds is 5. The number of benzene rings is 1. The molecule has 0 saturated carbocycles. The lowest BCUT2D eigenvalue weighted by Crippen LogP contribution is -2.23. The molecule has 3 heterocycles. The van der Waals surface area contributed by atoms with Crippen molar-refractivity contribution in [3.63, 3.8) is 0 Å². The molecule has 0 aliphatic heterocycles. The largest absolute Gasteiger partial charge is 0.344 e. The number of amides is 1. The van der Waals surface area contributed by atoms with Crippen molar-refractivity contribution in [2.75, 3.05) is 0 Å². The van der Waals surface area contributed by atoms with Gasteiger partial charge >= 0.3 is 0 Å². The van der Waals surface area contributed by atoms with E-state index < -0.39 is 17.5 Å². The summed E-state index contributed by atoms with van der Waals surface area (Å²) in [7, 11) is 0. The van der Waals surface area contributed by atoms with Gasteiger partial charge < -0.3 is 5.32 Å². The molecule has 0 unspecified atom stereocenters. The zero-order valence-electron chi connectivity index (χ0n) is 15.9. The van der Waals surface area contributed by atoms with Gasteiger partial charge in [-0.1, -0.05) is 16.6 Å². The minimum absolute atomic E-state index is 0.0232. The molecule has 1 N–H and O–H groups in total. The third-order valence-electron chi connectivity index (χ3n) is 4.20. The van der Waals surface area contributed by atoms with Crippen molar-refractivity contribution >= 4 is 17.2 Å². The number of carbonyl (C=O) groups excluding carboxylic acids is 1. The van der Waals surface area contributed by atoms with Crippen molar-refractivity contribution in [2.24, 2.45) is 0 Å². The first-order valence-electron chi connectivity index (χ1n) is 8.83. The van der Waals surface area contributed by atoms with E-state index in [2.05, 4.69) is 30.8 Å². The summed E-state index contributed by atoms with van der Waals surface area (Å²) < 4.78 is 28.7. The Balaban J connectivity index is 1.44. The summed E-state index contributed by atoms with van der Waals surface area (Å²) >= 11 is 1.06. The van der Waals surface area contributed by atoms with E-state index in [9.17, 15) is 13.6 Å². The van der Waals surface area contributed by atoms with Crippen LogP contribution in [0.2, 0.25) is 0 Å². The molecule has 4 rings (SSSR count). The number of nitrogens with zero attached hydrogens (tertiary/aromatic N) is 6. The summed E-state index contributed by atoms with van der Waals surface area (Å²) in [5.41, 5.74) is 2.51. The fourth-order valence-corrected chi connectivity index (χ4v) is 3.55. The second kappa shape index (κ2) is 8.03. The number of aryl methyl sites for hydroxylation is 2. The first-order chi connectivity index (χ1) is 14.4. The summed E-state index contributed by atoms with van der Waals surface area (Å²) in [6.45, 7) is 3.79. The Morgan fingerprint density at radius 2 is 1.97 bits per heavy atom. The van der Waals surface area contributed by atoms with Gasteiger partial charge in [-0.15, -0.1) is 15.3 Å². The van der Waals surface area contributed by atoms with Crippen LogP contribution in [0.3, 0.4) is 0 Å². The zero-order valence-corrected chi connectivity index (χ0v) is 16.7. The molecule has 4 aromatic rings. The van der Waals surface area contributed by atoms with Crippen LogP contribution >= 0.6 is 11.3 Å². The van der Waals surface area contributed by atoms with E-state index in [1.165, 1.54) is 10.9 Å². The van der Waals surface area contributed by atoms with Crippen LogP contribution in [0.5, 0.6) is 0 Å². The maximum atomic E-state index is 13.9. The van der Waals surface area contributed by atoms with Crippen molar-refractivity contribution < 1.29 is 13.6 Å². The molecule has 0 aliphatic rings. The van der Waals surface area contributed by atoms with Crippen LogP contribution in [0.25, 0.3) is 16.3 Å². The molecule has 0 fully saturated rings. The maximum Gasteiger partial charge on any atom is 0.273 e. The fourth-order valence-electron chi connectivity index (χ4n) is 2.75. The molecule has 1 aromatic carbocycles. The summed E-state index contributed by atoms with van der Waals surface area (Å²) in [5, 5.41) is 19.0. The standard InChI is InChI=1S/C19H15F2N7OS/c1-10-3-6-16(11(2)23-10)28-9-15(24-27-28)18(29)22-8-17-25-26-19(30-17)13-7-12(20)4-5-14(13)21/h3-7,9H,8H2,1-2H3,(H,22,29). The molecule has 0 spiro atoms. The molecule has 0 atom stereocenters. The highest BCUT2D eigenvalue weighted by molar-refractivity contribution is 7.14. The second-order valence-corrected chi connectivity index (χ2v) is 7.48. The van der Waals surface area contributed by atoms with Crippen LogP contribution in [0.1, 0.15) is 26.9 Å². The van der Waals surface area contributed by atoms with Crippen molar-refractivity contribution in [3.8, 4) is 16.3 Å². The first-order valence-corrected chi connectivity index (χ1v) is 9.65. The molecule has 11 heteroatoms. The normalized spacial score (nSPS) is 10.9. The molecule has 1 amide bonds. The Bertz CT molecular complexity index is 1240. The highest BCUT2D eigenvalue weighted by Crippen LogP contribution is 2.26. The number of hydrogen-bond acceptors (Lipinski definition) is 7. The van der Waals surface area contributed by atoms with Gasteiger partial charge in [-0.3, -0.25) is 9.78 Å². The van der Waals surface area contributed by atoms with Crippen LogP contribution in [-0.2, 0) is 6.54 Å². The number of nitrogens with one attached hydrogen (secondary N) is 1. The van der Waals surface area contributed by atoms with E-state index in [1.807, 2.05) is 26.0 Å². The summed E-state index contributed by atoms with van der Waals surface area (Å²) in [6.07, 6.45) is 1.50. The average molecular weight is 427 g/mol. The molecule has 152 valence electrons. The third-order valence-corrected chi connectivity index (χ3v) is 5.15. The van der Waals surface area contributed by atoms with E-state index in [-0.39, 0.29) is 22.8 Å². The maximum absolute atomic E-state index is 13.9. The first kappa shape index (κ1) is 19.7. The number of halogens is 2. The smallest absolute Gasteiger partial charge is 0.273 e. The van der Waals surface area contributed by atoms with E-state index in [0.717, 1.165) is 46.6 Å². The van der Waals surface area contributed by atoms with Gasteiger partial charge in [0.25, 0.3) is 5.91 Å². The lowest BCUT2D eigenvalue weighted by molar-refractivity contribution is 0.0945. The van der Waals surface area contributed by atoms with Gasteiger partial charge in [-0.25, -0.2) is 13.5 Å². The van der Waals surface area contributed by atoms with Gasteiger partial charge in [0.1, 0.15) is 16.6 Å². The van der Waals surface area contributed by atoms with Gasteiger partial charge in [0.2, 0.25) is 0 Å². The minimum Gasteiger partial charge on any atom is -0.344 e. The lowest BCUT2D eigenvalue weighted by Gasteiger charge is -2.04. The van der Waals surface area contributed by atoms with Crippen molar-refractivity contribution in [1.82, 2.24) is 35.5 Å². The zero-order chi connectivity index (χ0) is 21.3. The van der Waals surface area contributed by atoms with E-state index in [0.29, 0.717) is 5.01 Å². The third kappa shape index (κ3) is 4.06. The van der Waals surface area contributed by atoms with E-state index in [1.54, 1.807) is 0 Å². The van der Waals surface area contributed by atoms with Gasteiger partial charge in [-0.05, 0) is 44.2 Å². The van der Waals surface area contributed by atoms with E-state index >= 15 is 0 Å². The van der Waals surface area contributed by atoms with Crippen molar-refractivity contribution in [2.45, 2.75) is 20.4 Å². The quantitative estimate of drug-likeness (QED) is 0.526. The van der Waals surface area contributed by atoms with Gasteiger partial charge in [0, 0.05) is 5.69 Å². The Morgan fingerprint density at radius 3 is 2.77 bits per heavy atom. The highest BCUT2D eigenvalue weighted by atomic mass is 32.1. The molecule has 0 saturated heterocycles. The summed E-state index contributed by atoms with van der Waals surface area (Å²) in [4.78, 5) is 16.7. The lowest BCUT2D eigenvalue weighted by atomic mass is 10.2. The number of aromatic nitrogens is 6. The molecule has 30 heavy (non-hydrogen) atoms. The molecule has 0 bridgehead atoms. The Hall–Kier alpha value is -3.60. The Kier molecular flexibility index (Phi) is 5.27. The highest BCUT2D eigenvalue weighted by Gasteiger charge is 2.16. The van der Waals surface area contributed by atoms with Crippen molar-refractivity contribution in [1.29, 1.82) is 0 Å².